The second kappa shape index (κ2) is 14.4. The summed E-state index contributed by atoms with van der Waals surface area (Å²) in [6.07, 6.45) is 3.60. The van der Waals surface area contributed by atoms with Gasteiger partial charge in [0.15, 0.2) is 29.0 Å². The number of hydrogen-bond donors (Lipinski definition) is 3. The Balaban J connectivity index is 1.56. The molecule has 4 rings (SSSR count). The number of amides is 3. The van der Waals surface area contributed by atoms with Gasteiger partial charge in [-0.05, 0) is 43.2 Å². The van der Waals surface area contributed by atoms with Crippen LogP contribution < -0.4 is 20.9 Å². The minimum absolute atomic E-state index is 0.0289. The van der Waals surface area contributed by atoms with Crippen molar-refractivity contribution < 1.29 is 41.4 Å². The van der Waals surface area contributed by atoms with Crippen LogP contribution in [-0.2, 0) is 20.9 Å². The number of halogens is 4. The first kappa shape index (κ1) is 33.2. The first-order chi connectivity index (χ1) is 21.9. The van der Waals surface area contributed by atoms with Crippen LogP contribution in [0.15, 0.2) is 59.5 Å². The minimum atomic E-state index is -1.21. The Morgan fingerprint density at radius 2 is 1.85 bits per heavy atom. The number of likely N-dealkylation sites (N-methyl/N-ethyl adjacent to an activating group) is 1. The zero-order valence-corrected chi connectivity index (χ0v) is 24.7. The summed E-state index contributed by atoms with van der Waals surface area (Å²) >= 11 is 0. The smallest absolute Gasteiger partial charge is 0.407 e. The van der Waals surface area contributed by atoms with Gasteiger partial charge in [-0.1, -0.05) is 6.08 Å². The van der Waals surface area contributed by atoms with E-state index in [4.69, 9.17) is 4.74 Å². The van der Waals surface area contributed by atoms with Crippen LogP contribution >= 0.6 is 0 Å². The van der Waals surface area contributed by atoms with E-state index in [1.165, 1.54) is 35.4 Å². The predicted molar refractivity (Wildman–Crippen MR) is 157 cm³/mol. The molecule has 1 unspecified atom stereocenters. The molecule has 0 radical (unpaired) electrons. The molecule has 0 bridgehead atoms. The number of nitrogens with one attached hydrogen (secondary N) is 3. The van der Waals surface area contributed by atoms with E-state index in [0.717, 1.165) is 23.8 Å². The third-order valence-electron chi connectivity index (χ3n) is 6.50. The normalized spacial score (nSPS) is 11.8. The number of nitrogens with zero attached hydrogens (tertiary/aromatic N) is 3. The molecule has 16 heteroatoms. The Kier molecular flexibility index (Phi) is 10.4. The standard InChI is InChI=1S/C30H28F4N6O6/c1-39(2)24(41)9-5-4-7-20(36-30(44)45-3)28(42)35-21-8-6-12-40(29(21)43)15-23-37-25-18(33)14-19(34)27(26(25)38-23)46-22-11-10-16(31)13-17(22)32/h5-6,8-14,20H,4,7,15H2,1-3H3,(H,35,42)(H,36,44)(H,37,38). The van der Waals surface area contributed by atoms with Crippen LogP contribution in [0, 0.1) is 23.3 Å². The van der Waals surface area contributed by atoms with Crippen molar-refractivity contribution in [2.24, 2.45) is 0 Å². The number of methoxy groups -OCH3 is 1. The van der Waals surface area contributed by atoms with Gasteiger partial charge in [-0.2, -0.15) is 0 Å². The average molecular weight is 645 g/mol. The molecule has 0 spiro atoms. The molecule has 1 atom stereocenters. The maximum atomic E-state index is 14.7. The van der Waals surface area contributed by atoms with Crippen LogP contribution in [0.5, 0.6) is 11.5 Å². The average Bonchev–Trinajstić information content (AvgIpc) is 3.43. The van der Waals surface area contributed by atoms with Crippen LogP contribution in [0.2, 0.25) is 0 Å². The van der Waals surface area contributed by atoms with Crippen molar-refractivity contribution in [3.63, 3.8) is 0 Å². The van der Waals surface area contributed by atoms with Crippen molar-refractivity contribution in [1.82, 2.24) is 24.8 Å². The van der Waals surface area contributed by atoms with Gasteiger partial charge in [-0.15, -0.1) is 0 Å². The number of allylic oxidation sites excluding steroid dienone is 1. The highest BCUT2D eigenvalue weighted by Crippen LogP contribution is 2.34. The number of anilines is 1. The third-order valence-corrected chi connectivity index (χ3v) is 6.50. The lowest BCUT2D eigenvalue weighted by atomic mass is 10.1. The number of carbonyl (C=O) groups is 3. The Labute approximate surface area is 258 Å². The highest BCUT2D eigenvalue weighted by atomic mass is 19.1. The highest BCUT2D eigenvalue weighted by Gasteiger charge is 2.23. The van der Waals surface area contributed by atoms with E-state index >= 15 is 0 Å². The molecule has 12 nitrogen and oxygen atoms in total. The molecule has 2 aromatic heterocycles. The highest BCUT2D eigenvalue weighted by molar-refractivity contribution is 5.96. The number of alkyl carbamates (subject to hydrolysis) is 1. The summed E-state index contributed by atoms with van der Waals surface area (Å²) in [6.45, 7) is -0.308. The maximum absolute atomic E-state index is 14.7. The fourth-order valence-electron chi connectivity index (χ4n) is 4.17. The SMILES string of the molecule is COC(=O)NC(CCC=CC(=O)N(C)C)C(=O)Nc1cccn(Cc2nc3c(Oc4ccc(F)cc4F)c(F)cc(F)c3[nH]2)c1=O. The molecule has 3 amide bonds. The summed E-state index contributed by atoms with van der Waals surface area (Å²) in [7, 11) is 4.26. The first-order valence-corrected chi connectivity index (χ1v) is 13.6. The van der Waals surface area contributed by atoms with Gasteiger partial charge in [-0.25, -0.2) is 27.3 Å². The molecule has 0 saturated heterocycles. The van der Waals surface area contributed by atoms with E-state index in [0.29, 0.717) is 12.1 Å². The number of aromatic amines is 1. The van der Waals surface area contributed by atoms with E-state index in [1.54, 1.807) is 14.1 Å². The van der Waals surface area contributed by atoms with Gasteiger partial charge in [0.05, 0.1) is 13.7 Å². The van der Waals surface area contributed by atoms with Gasteiger partial charge in [0.1, 0.15) is 34.4 Å². The molecule has 4 aromatic rings. The van der Waals surface area contributed by atoms with Crippen molar-refractivity contribution in [2.45, 2.75) is 25.4 Å². The van der Waals surface area contributed by atoms with E-state index in [1.807, 2.05) is 0 Å². The number of aromatic nitrogens is 3. The largest absolute Gasteiger partial charge is 0.453 e. The third kappa shape index (κ3) is 7.88. The number of hydrogen-bond acceptors (Lipinski definition) is 7. The van der Waals surface area contributed by atoms with Gasteiger partial charge in [-0.3, -0.25) is 14.4 Å². The molecule has 0 saturated carbocycles. The molecular weight excluding hydrogens is 616 g/mol. The summed E-state index contributed by atoms with van der Waals surface area (Å²) < 4.78 is 67.8. The number of benzene rings is 2. The molecule has 3 N–H and O–H groups in total. The zero-order chi connectivity index (χ0) is 33.5. The van der Waals surface area contributed by atoms with Gasteiger partial charge >= 0.3 is 6.09 Å². The number of carbonyl (C=O) groups excluding carboxylic acids is 3. The van der Waals surface area contributed by atoms with Crippen LogP contribution in [0.3, 0.4) is 0 Å². The second-order valence-corrected chi connectivity index (χ2v) is 10.00. The fourth-order valence-corrected chi connectivity index (χ4v) is 4.17. The van der Waals surface area contributed by atoms with Crippen molar-refractivity contribution >= 4 is 34.6 Å². The molecule has 2 heterocycles. The molecule has 2 aromatic carbocycles. The number of imidazole rings is 1. The van der Waals surface area contributed by atoms with E-state index in [2.05, 4.69) is 25.3 Å². The molecule has 0 aliphatic carbocycles. The van der Waals surface area contributed by atoms with Crippen LogP contribution in [0.4, 0.5) is 28.0 Å². The van der Waals surface area contributed by atoms with Crippen molar-refractivity contribution in [3.8, 4) is 11.5 Å². The molecule has 0 aliphatic heterocycles. The summed E-state index contributed by atoms with van der Waals surface area (Å²) in [4.78, 5) is 58.0. The monoisotopic (exact) mass is 644 g/mol. The topological polar surface area (TPSA) is 148 Å². The fraction of sp³-hybridized carbons (Fsp3) is 0.233. The van der Waals surface area contributed by atoms with E-state index < -0.39 is 58.4 Å². The first-order valence-electron chi connectivity index (χ1n) is 13.6. The van der Waals surface area contributed by atoms with E-state index in [9.17, 15) is 36.7 Å². The molecule has 0 aliphatic rings. The van der Waals surface area contributed by atoms with Gasteiger partial charge < -0.3 is 34.6 Å². The molecular formula is C30H28F4N6O6. The summed E-state index contributed by atoms with van der Waals surface area (Å²) in [5, 5.41) is 4.84. The molecule has 0 fully saturated rings. The lowest BCUT2D eigenvalue weighted by Crippen LogP contribution is -2.44. The Hall–Kier alpha value is -5.67. The van der Waals surface area contributed by atoms with E-state index in [-0.39, 0.29) is 47.8 Å². The number of rotatable bonds is 11. The number of pyridine rings is 1. The van der Waals surface area contributed by atoms with Gasteiger partial charge in [0, 0.05) is 32.4 Å². The Morgan fingerprint density at radius 3 is 2.54 bits per heavy atom. The van der Waals surface area contributed by atoms with Gasteiger partial charge in [0.2, 0.25) is 11.8 Å². The summed E-state index contributed by atoms with van der Waals surface area (Å²) in [6, 6.07) is 4.46. The van der Waals surface area contributed by atoms with Crippen molar-refractivity contribution in [1.29, 1.82) is 0 Å². The lowest BCUT2D eigenvalue weighted by Gasteiger charge is -2.17. The molecule has 242 valence electrons. The van der Waals surface area contributed by atoms with Gasteiger partial charge in [0.25, 0.3) is 5.56 Å². The zero-order valence-electron chi connectivity index (χ0n) is 24.7. The van der Waals surface area contributed by atoms with Crippen LogP contribution in [-0.4, -0.2) is 64.6 Å². The predicted octanol–water partition coefficient (Wildman–Crippen LogP) is 4.21. The Morgan fingerprint density at radius 1 is 1.09 bits per heavy atom. The summed E-state index contributed by atoms with van der Waals surface area (Å²) in [5.74, 6) is -6.48. The van der Waals surface area contributed by atoms with Crippen molar-refractivity contribution in [2.75, 3.05) is 26.5 Å². The summed E-state index contributed by atoms with van der Waals surface area (Å²) in [5.41, 5.74) is -1.54. The minimum Gasteiger partial charge on any atom is -0.453 e. The quantitative estimate of drug-likeness (QED) is 0.164. The van der Waals surface area contributed by atoms with Crippen LogP contribution in [0.25, 0.3) is 11.0 Å². The lowest BCUT2D eigenvalue weighted by molar-refractivity contribution is -0.123. The number of fused-ring (bicyclic) bond motifs is 1. The second-order valence-electron chi connectivity index (χ2n) is 10.00. The Bertz CT molecular complexity index is 1870. The van der Waals surface area contributed by atoms with Crippen LogP contribution in [0.1, 0.15) is 18.7 Å². The molecule has 46 heavy (non-hydrogen) atoms. The number of ether oxygens (including phenoxy) is 2. The number of H-pyrrole nitrogens is 1. The maximum Gasteiger partial charge on any atom is 0.407 e. The van der Waals surface area contributed by atoms with Crippen molar-refractivity contribution in [3.05, 3.63) is 94.2 Å².